The largest absolute Gasteiger partial charge is 0.488 e. The molecule has 0 spiro atoms. The summed E-state index contributed by atoms with van der Waals surface area (Å²) in [5.41, 5.74) is 3.05. The number of thioether (sulfide) groups is 1. The van der Waals surface area contributed by atoms with Gasteiger partial charge in [0.2, 0.25) is 5.16 Å². The van der Waals surface area contributed by atoms with Crippen molar-refractivity contribution < 1.29 is 14.2 Å². The van der Waals surface area contributed by atoms with E-state index >= 15 is 0 Å². The molecule has 1 heterocycles. The van der Waals surface area contributed by atoms with Crippen LogP contribution in [0.15, 0.2) is 47.6 Å². The van der Waals surface area contributed by atoms with Crippen molar-refractivity contribution in [3.63, 3.8) is 0 Å². The molecule has 6 nitrogen and oxygen atoms in total. The number of nitrogens with zero attached hydrogens (tertiary/aromatic N) is 4. The lowest BCUT2D eigenvalue weighted by atomic mass is 10.1. The monoisotopic (exact) mass is 374 g/mol. The summed E-state index contributed by atoms with van der Waals surface area (Å²) in [5.74, 6) is -0.0114. The van der Waals surface area contributed by atoms with E-state index in [0.29, 0.717) is 10.9 Å². The Morgan fingerprint density at radius 3 is 2.85 bits per heavy atom. The maximum absolute atomic E-state index is 13.5. The van der Waals surface area contributed by atoms with Gasteiger partial charge in [0.05, 0.1) is 11.8 Å². The van der Waals surface area contributed by atoms with Gasteiger partial charge in [-0.05, 0) is 53.6 Å². The van der Waals surface area contributed by atoms with E-state index in [1.807, 2.05) is 32.0 Å². The smallest absolute Gasteiger partial charge is 0.214 e. The van der Waals surface area contributed by atoms with Gasteiger partial charge in [-0.1, -0.05) is 36.0 Å². The average Bonchev–Trinajstić information content (AvgIpc) is 3.09. The number of aryl methyl sites for hydroxylation is 2. The first-order chi connectivity index (χ1) is 12.5. The molecule has 0 aliphatic rings. The minimum Gasteiger partial charge on any atom is -0.488 e. The second kappa shape index (κ2) is 8.29. The highest BCUT2D eigenvalue weighted by atomic mass is 32.2. The number of para-hydroxylation sites is 1. The second-order valence-electron chi connectivity index (χ2n) is 5.87. The number of aliphatic hydroxyl groups is 1. The van der Waals surface area contributed by atoms with Crippen LogP contribution in [0.1, 0.15) is 11.1 Å². The molecule has 0 unspecified atom stereocenters. The third-order valence-electron chi connectivity index (χ3n) is 3.71. The van der Waals surface area contributed by atoms with Gasteiger partial charge in [-0.15, -0.1) is 5.10 Å². The number of tetrazole rings is 1. The maximum atomic E-state index is 13.5. The Kier molecular flexibility index (Phi) is 5.85. The molecule has 0 saturated carbocycles. The molecule has 1 N–H and O–H groups in total. The normalized spacial score (nSPS) is 12.2. The number of hydrogen-bond donors (Lipinski definition) is 1. The minimum absolute atomic E-state index is 0.0149. The Labute approximate surface area is 155 Å². The van der Waals surface area contributed by atoms with Crippen LogP contribution in [0.3, 0.4) is 0 Å². The first-order valence-corrected chi connectivity index (χ1v) is 9.07. The molecule has 3 aromatic rings. The topological polar surface area (TPSA) is 73.1 Å². The Bertz CT molecular complexity index is 887. The van der Waals surface area contributed by atoms with Crippen LogP contribution in [-0.2, 0) is 0 Å². The molecular formula is C18H19FN4O2S. The zero-order chi connectivity index (χ0) is 18.5. The van der Waals surface area contributed by atoms with Gasteiger partial charge in [0, 0.05) is 5.75 Å². The zero-order valence-corrected chi connectivity index (χ0v) is 15.3. The molecule has 0 bridgehead atoms. The molecule has 136 valence electrons. The van der Waals surface area contributed by atoms with Crippen molar-refractivity contribution in [2.75, 3.05) is 12.4 Å². The van der Waals surface area contributed by atoms with Crippen molar-refractivity contribution in [2.24, 2.45) is 0 Å². The molecule has 8 heteroatoms. The molecule has 2 aromatic carbocycles. The molecule has 26 heavy (non-hydrogen) atoms. The van der Waals surface area contributed by atoms with E-state index in [1.54, 1.807) is 16.8 Å². The molecule has 0 radical (unpaired) electrons. The number of ether oxygens (including phenoxy) is 1. The molecule has 0 fully saturated rings. The van der Waals surface area contributed by atoms with Crippen LogP contribution >= 0.6 is 11.8 Å². The lowest BCUT2D eigenvalue weighted by molar-refractivity contribution is 0.123. The Morgan fingerprint density at radius 2 is 2.04 bits per heavy atom. The van der Waals surface area contributed by atoms with Crippen LogP contribution in [-0.4, -0.2) is 43.8 Å². The van der Waals surface area contributed by atoms with Gasteiger partial charge in [0.25, 0.3) is 0 Å². The lowest BCUT2D eigenvalue weighted by Gasteiger charge is -2.13. The summed E-state index contributed by atoms with van der Waals surface area (Å²) in [6.07, 6.45) is -0.789. The van der Waals surface area contributed by atoms with E-state index in [1.165, 1.54) is 23.9 Å². The fourth-order valence-corrected chi connectivity index (χ4v) is 3.12. The first-order valence-electron chi connectivity index (χ1n) is 8.09. The van der Waals surface area contributed by atoms with Crippen molar-refractivity contribution in [3.8, 4) is 11.4 Å². The molecule has 1 atom stereocenters. The van der Waals surface area contributed by atoms with Crippen LogP contribution in [0, 0.1) is 19.7 Å². The molecular weight excluding hydrogens is 355 g/mol. The van der Waals surface area contributed by atoms with E-state index in [9.17, 15) is 9.50 Å². The van der Waals surface area contributed by atoms with Crippen molar-refractivity contribution in [1.82, 2.24) is 20.2 Å². The van der Waals surface area contributed by atoms with E-state index in [-0.39, 0.29) is 12.4 Å². The fourth-order valence-electron chi connectivity index (χ4n) is 2.33. The highest BCUT2D eigenvalue weighted by Crippen LogP contribution is 2.22. The van der Waals surface area contributed by atoms with Crippen LogP contribution in [0.2, 0.25) is 0 Å². The third-order valence-corrected chi connectivity index (χ3v) is 4.77. The van der Waals surface area contributed by atoms with Crippen molar-refractivity contribution in [3.05, 3.63) is 59.4 Å². The maximum Gasteiger partial charge on any atom is 0.214 e. The summed E-state index contributed by atoms with van der Waals surface area (Å²) in [6.45, 7) is 3.98. The summed E-state index contributed by atoms with van der Waals surface area (Å²) in [4.78, 5) is 0. The van der Waals surface area contributed by atoms with E-state index in [0.717, 1.165) is 16.8 Å². The van der Waals surface area contributed by atoms with Crippen molar-refractivity contribution >= 4 is 11.8 Å². The van der Waals surface area contributed by atoms with Gasteiger partial charge < -0.3 is 9.84 Å². The highest BCUT2D eigenvalue weighted by Gasteiger charge is 2.14. The summed E-state index contributed by atoms with van der Waals surface area (Å²) in [5, 5.41) is 22.5. The van der Waals surface area contributed by atoms with Gasteiger partial charge in [0.15, 0.2) is 11.6 Å². The standard InChI is InChI=1S/C18H19FN4O2S/c1-12-7-8-13(2)16(9-12)23-18(20-21-22-23)26-11-14(24)10-25-17-6-4-3-5-15(17)19/h3-9,14,24H,10-11H2,1-2H3/t14-/m0/s1. The van der Waals surface area contributed by atoms with Crippen LogP contribution in [0.5, 0.6) is 5.75 Å². The highest BCUT2D eigenvalue weighted by molar-refractivity contribution is 7.99. The van der Waals surface area contributed by atoms with Crippen LogP contribution < -0.4 is 4.74 Å². The Morgan fingerprint density at radius 1 is 1.23 bits per heavy atom. The molecule has 3 rings (SSSR count). The van der Waals surface area contributed by atoms with Gasteiger partial charge >= 0.3 is 0 Å². The number of aromatic nitrogens is 4. The van der Waals surface area contributed by atoms with E-state index < -0.39 is 11.9 Å². The summed E-state index contributed by atoms with van der Waals surface area (Å²) in [6, 6.07) is 12.1. The number of benzene rings is 2. The van der Waals surface area contributed by atoms with Crippen LogP contribution in [0.25, 0.3) is 5.69 Å². The summed E-state index contributed by atoms with van der Waals surface area (Å²) >= 11 is 1.31. The molecule has 0 amide bonds. The first kappa shape index (κ1) is 18.3. The predicted octanol–water partition coefficient (Wildman–Crippen LogP) is 2.95. The fraction of sp³-hybridized carbons (Fsp3) is 0.278. The second-order valence-corrected chi connectivity index (χ2v) is 6.86. The van der Waals surface area contributed by atoms with Crippen molar-refractivity contribution in [1.29, 1.82) is 0 Å². The number of halogens is 1. The van der Waals surface area contributed by atoms with Gasteiger partial charge in [-0.2, -0.15) is 4.68 Å². The number of aliphatic hydroxyl groups excluding tert-OH is 1. The van der Waals surface area contributed by atoms with Gasteiger partial charge in [0.1, 0.15) is 6.61 Å². The summed E-state index contributed by atoms with van der Waals surface area (Å²) < 4.78 is 20.5. The van der Waals surface area contributed by atoms with Crippen LogP contribution in [0.4, 0.5) is 4.39 Å². The predicted molar refractivity (Wildman–Crippen MR) is 97.3 cm³/mol. The molecule has 1 aromatic heterocycles. The minimum atomic E-state index is -0.789. The molecule has 0 saturated heterocycles. The number of hydrogen-bond acceptors (Lipinski definition) is 6. The third kappa shape index (κ3) is 4.39. The Balaban J connectivity index is 1.61. The molecule has 0 aliphatic heterocycles. The quantitative estimate of drug-likeness (QED) is 0.641. The van der Waals surface area contributed by atoms with Crippen molar-refractivity contribution in [2.45, 2.75) is 25.1 Å². The SMILES string of the molecule is Cc1ccc(C)c(-n2nnnc2SC[C@@H](O)COc2ccccc2F)c1. The molecule has 0 aliphatic carbocycles. The summed E-state index contributed by atoms with van der Waals surface area (Å²) in [7, 11) is 0. The zero-order valence-electron chi connectivity index (χ0n) is 14.5. The lowest BCUT2D eigenvalue weighted by Crippen LogP contribution is -2.20. The van der Waals surface area contributed by atoms with E-state index in [4.69, 9.17) is 4.74 Å². The number of rotatable bonds is 7. The van der Waals surface area contributed by atoms with E-state index in [2.05, 4.69) is 15.5 Å². The van der Waals surface area contributed by atoms with Gasteiger partial charge in [-0.25, -0.2) is 4.39 Å². The average molecular weight is 374 g/mol. The van der Waals surface area contributed by atoms with Gasteiger partial charge in [-0.3, -0.25) is 0 Å². The Hall–Kier alpha value is -2.45.